The molecule has 0 radical (unpaired) electrons. The van der Waals surface area contributed by atoms with Crippen LogP contribution in [0.15, 0.2) is 46.1 Å². The van der Waals surface area contributed by atoms with Crippen LogP contribution in [-0.4, -0.2) is 50.0 Å². The lowest BCUT2D eigenvalue weighted by Crippen LogP contribution is -2.46. The van der Waals surface area contributed by atoms with E-state index in [0.717, 1.165) is 54.7 Å². The fourth-order valence-corrected chi connectivity index (χ4v) is 6.62. The van der Waals surface area contributed by atoms with Crippen LogP contribution in [0, 0.1) is 5.82 Å². The van der Waals surface area contributed by atoms with E-state index in [1.807, 2.05) is 36.0 Å². The van der Waals surface area contributed by atoms with E-state index in [9.17, 15) is 14.0 Å². The van der Waals surface area contributed by atoms with Crippen molar-refractivity contribution in [2.75, 3.05) is 24.7 Å². The van der Waals surface area contributed by atoms with E-state index < -0.39 is 11.4 Å². The Morgan fingerprint density at radius 3 is 2.54 bits per heavy atom. The van der Waals surface area contributed by atoms with Gasteiger partial charge in [0.25, 0.3) is 5.56 Å². The molecule has 0 bridgehead atoms. The molecule has 1 saturated carbocycles. The van der Waals surface area contributed by atoms with Crippen LogP contribution >= 0.6 is 11.8 Å². The third-order valence-corrected chi connectivity index (χ3v) is 8.49. The molecule has 0 spiro atoms. The van der Waals surface area contributed by atoms with Crippen LogP contribution in [0.3, 0.4) is 0 Å². The van der Waals surface area contributed by atoms with Gasteiger partial charge in [0.2, 0.25) is 0 Å². The molecule has 2 fully saturated rings. The molecule has 0 amide bonds. The highest BCUT2D eigenvalue weighted by Gasteiger charge is 2.29. The highest BCUT2D eigenvalue weighted by molar-refractivity contribution is 7.99. The van der Waals surface area contributed by atoms with Crippen molar-refractivity contribution in [2.45, 2.75) is 63.2 Å². The molecule has 10 heteroatoms. The van der Waals surface area contributed by atoms with Gasteiger partial charge < -0.3 is 15.2 Å². The molecule has 1 aromatic carbocycles. The Labute approximate surface area is 218 Å². The molecule has 0 atom stereocenters. The number of pyridine rings is 1. The number of benzene rings is 1. The van der Waals surface area contributed by atoms with Gasteiger partial charge >= 0.3 is 5.69 Å². The molecule has 37 heavy (non-hydrogen) atoms. The first-order valence-corrected chi connectivity index (χ1v) is 14.2. The van der Waals surface area contributed by atoms with Gasteiger partial charge in [-0.2, -0.15) is 11.8 Å². The summed E-state index contributed by atoms with van der Waals surface area (Å²) in [6, 6.07) is 8.96. The minimum absolute atomic E-state index is 0.0350. The van der Waals surface area contributed by atoms with E-state index in [1.165, 1.54) is 10.6 Å². The molecule has 198 valence electrons. The van der Waals surface area contributed by atoms with Gasteiger partial charge in [-0.3, -0.25) is 13.9 Å². The zero-order valence-corrected chi connectivity index (χ0v) is 21.6. The van der Waals surface area contributed by atoms with Crippen LogP contribution in [0.4, 0.5) is 4.39 Å². The Balaban J connectivity index is 1.35. The van der Waals surface area contributed by atoms with E-state index in [4.69, 9.17) is 9.84 Å². The lowest BCUT2D eigenvalue weighted by molar-refractivity contribution is 0.199. The number of fused-ring (bicyclic) bond motifs is 1. The van der Waals surface area contributed by atoms with Gasteiger partial charge in [-0.15, -0.1) is 0 Å². The van der Waals surface area contributed by atoms with Crippen LogP contribution in [0.1, 0.15) is 56.2 Å². The lowest BCUT2D eigenvalue weighted by atomic mass is 9.90. The molecule has 1 aliphatic heterocycles. The molecular weight excluding hydrogens is 495 g/mol. The Hall–Kier alpha value is -2.69. The van der Waals surface area contributed by atoms with Crippen molar-refractivity contribution in [3.05, 3.63) is 68.7 Å². The number of aliphatic hydroxyl groups excluding tert-OH is 1. The first-order chi connectivity index (χ1) is 18.1. The summed E-state index contributed by atoms with van der Waals surface area (Å²) in [5.41, 5.74) is 0.550. The van der Waals surface area contributed by atoms with E-state index >= 15 is 0 Å². The number of rotatable bonds is 8. The average molecular weight is 529 g/mol. The Kier molecular flexibility index (Phi) is 8.26. The predicted molar refractivity (Wildman–Crippen MR) is 143 cm³/mol. The summed E-state index contributed by atoms with van der Waals surface area (Å²) < 4.78 is 22.8. The van der Waals surface area contributed by atoms with E-state index in [1.54, 1.807) is 4.57 Å². The summed E-state index contributed by atoms with van der Waals surface area (Å²) in [4.78, 5) is 31.4. The number of para-hydroxylation sites is 1. The summed E-state index contributed by atoms with van der Waals surface area (Å²) in [6.07, 6.45) is 5.75. The van der Waals surface area contributed by atoms with E-state index in [-0.39, 0.29) is 42.4 Å². The van der Waals surface area contributed by atoms with Crippen molar-refractivity contribution in [1.29, 1.82) is 0 Å². The molecule has 8 nitrogen and oxygen atoms in total. The van der Waals surface area contributed by atoms with Gasteiger partial charge in [0.1, 0.15) is 23.8 Å². The standard InChI is InChI=1S/C27H33FN4O4S/c28-19-15-23-25(30-17-19)31(22-9-13-37-14-10-22)27(35)32(26(23)34)21-7-5-20(6-8-21)29-16-18-3-1-2-4-24(18)36-12-11-33/h1-4,15,17,20-22,29,33H,5-14,16H2/t20-,21+. The van der Waals surface area contributed by atoms with Crippen LogP contribution in [0.2, 0.25) is 0 Å². The molecule has 3 heterocycles. The molecule has 5 rings (SSSR count). The molecule has 2 aromatic heterocycles. The molecule has 2 N–H and O–H groups in total. The number of nitrogens with zero attached hydrogens (tertiary/aromatic N) is 3. The second kappa shape index (κ2) is 11.8. The number of ether oxygens (including phenoxy) is 1. The van der Waals surface area contributed by atoms with Gasteiger partial charge in [0.15, 0.2) is 0 Å². The van der Waals surface area contributed by atoms with Gasteiger partial charge in [0, 0.05) is 30.2 Å². The number of thioether (sulfide) groups is 1. The van der Waals surface area contributed by atoms with E-state index in [2.05, 4.69) is 10.3 Å². The predicted octanol–water partition coefficient (Wildman–Crippen LogP) is 3.41. The fraction of sp³-hybridized carbons (Fsp3) is 0.519. The third-order valence-electron chi connectivity index (χ3n) is 7.44. The molecular formula is C27H33FN4O4S. The van der Waals surface area contributed by atoms with Crippen molar-refractivity contribution in [3.63, 3.8) is 0 Å². The minimum atomic E-state index is -0.572. The van der Waals surface area contributed by atoms with Crippen molar-refractivity contribution in [3.8, 4) is 5.75 Å². The topological polar surface area (TPSA) is 98.4 Å². The van der Waals surface area contributed by atoms with Crippen LogP contribution in [-0.2, 0) is 6.54 Å². The average Bonchev–Trinajstić information content (AvgIpc) is 2.93. The maximum absolute atomic E-state index is 14.1. The molecule has 1 saturated heterocycles. The van der Waals surface area contributed by atoms with Crippen molar-refractivity contribution in [2.24, 2.45) is 0 Å². The zero-order chi connectivity index (χ0) is 25.8. The Bertz CT molecular complexity index is 1350. The number of hydrogen-bond donors (Lipinski definition) is 2. The Morgan fingerprint density at radius 1 is 1.05 bits per heavy atom. The van der Waals surface area contributed by atoms with Crippen molar-refractivity contribution in [1.82, 2.24) is 19.4 Å². The van der Waals surface area contributed by atoms with Gasteiger partial charge in [-0.05, 0) is 62.2 Å². The quantitative estimate of drug-likeness (QED) is 0.462. The second-order valence-corrected chi connectivity index (χ2v) is 11.0. The van der Waals surface area contributed by atoms with Crippen LogP contribution in [0.25, 0.3) is 11.0 Å². The van der Waals surface area contributed by atoms with Crippen LogP contribution in [0.5, 0.6) is 5.75 Å². The van der Waals surface area contributed by atoms with Crippen LogP contribution < -0.4 is 21.3 Å². The van der Waals surface area contributed by atoms with Gasteiger partial charge in [-0.1, -0.05) is 18.2 Å². The SMILES string of the molecule is O=c1c2cc(F)cnc2n(C2CCSCC2)c(=O)n1[C@H]1CC[C@@H](NCc2ccccc2OCCO)CC1. The van der Waals surface area contributed by atoms with Crippen molar-refractivity contribution >= 4 is 22.8 Å². The molecule has 2 aliphatic rings. The number of halogens is 1. The highest BCUT2D eigenvalue weighted by atomic mass is 32.2. The van der Waals surface area contributed by atoms with Gasteiger partial charge in [0.05, 0.1) is 18.2 Å². The minimum Gasteiger partial charge on any atom is -0.491 e. The molecule has 3 aromatic rings. The maximum atomic E-state index is 14.1. The van der Waals surface area contributed by atoms with Gasteiger partial charge in [-0.25, -0.2) is 14.2 Å². The first kappa shape index (κ1) is 25.9. The second-order valence-electron chi connectivity index (χ2n) is 9.76. The summed E-state index contributed by atoms with van der Waals surface area (Å²) in [7, 11) is 0. The van der Waals surface area contributed by atoms with Crippen molar-refractivity contribution < 1.29 is 14.2 Å². The zero-order valence-electron chi connectivity index (χ0n) is 20.8. The largest absolute Gasteiger partial charge is 0.491 e. The Morgan fingerprint density at radius 2 is 1.78 bits per heavy atom. The first-order valence-electron chi connectivity index (χ1n) is 13.0. The maximum Gasteiger partial charge on any atom is 0.333 e. The molecule has 1 aliphatic carbocycles. The smallest absolute Gasteiger partial charge is 0.333 e. The number of hydrogen-bond acceptors (Lipinski definition) is 7. The summed E-state index contributed by atoms with van der Waals surface area (Å²) in [5.74, 6) is 2.08. The fourth-order valence-electron chi connectivity index (χ4n) is 5.54. The number of aromatic nitrogens is 3. The number of nitrogens with one attached hydrogen (secondary N) is 1. The highest BCUT2D eigenvalue weighted by Crippen LogP contribution is 2.30. The third kappa shape index (κ3) is 5.61. The van der Waals surface area contributed by atoms with E-state index in [0.29, 0.717) is 25.0 Å². The monoisotopic (exact) mass is 528 g/mol. The normalized spacial score (nSPS) is 20.8. The molecule has 0 unspecified atom stereocenters. The number of aliphatic hydroxyl groups is 1. The summed E-state index contributed by atoms with van der Waals surface area (Å²) in [5, 5.41) is 12.8. The summed E-state index contributed by atoms with van der Waals surface area (Å²) >= 11 is 1.86. The lowest BCUT2D eigenvalue weighted by Gasteiger charge is -2.32. The summed E-state index contributed by atoms with van der Waals surface area (Å²) in [6.45, 7) is 0.841.